The van der Waals surface area contributed by atoms with E-state index in [1.807, 2.05) is 167 Å². The number of imidazole rings is 4. The van der Waals surface area contributed by atoms with Gasteiger partial charge < -0.3 is 127 Å². The first kappa shape index (κ1) is 96.7. The van der Waals surface area contributed by atoms with E-state index in [0.29, 0.717) is 170 Å². The summed E-state index contributed by atoms with van der Waals surface area (Å²) in [6.45, 7) is 18.5. The SMILES string of the molecule is CN(CCN)C[C@H]1O[C@@H](n2cnc3c(N)ncnc32)[C@@H]2OC(C)(C)O[C@@H]21.CN(CCNC(=O)CCc1ccc(Cl)cc1)C[C@H]1O[C@@H](n2cnc3c(N)ncnc32)[C@@H]2OC(C)(C)O[C@@H]21.CN(CCNC(=O)CCc1ccc(Cl)cc1)C[C@H]1O[C@@H](n2cnc3c(N)ncnc32)[C@H](O)[C@@H]1O.CN(CCNC(=O)OCc1ccccc1)C[C@H]1O[C@@H](n2cnc3c(N)ncnc32)[C@@H]2OC(C)(C)O[C@@H]21. The number of aliphatic hydroxyl groups excluding tert-OH is 2. The standard InChI is InChI=1S/C25H32ClN7O4.C24H31N7O5.C22H28ClN7O4.C16H25N7O3/c1-25(2)36-20-17(12-32(3)11-10-28-18(34)9-6-15-4-7-16(26)8-5-15)35-24(21(20)37-25)33-14-31-19-22(27)29-13-30-23(19)33;1-24(2)35-18-16(11-30(3)10-9-26-23(32)33-12-15-7-5-4-6-8-15)34-22(19(18)36-24)31-14-29-17-20(25)27-13-28-21(17)31;1-29(9-8-25-16(31)7-4-13-2-5-14(23)6-3-13)10-15-18(32)19(33)22(34-15)30-12-28-17-20(24)26-11-27-21(17)30;1-16(2)25-11-9(6-22(3)5-4-17)24-15(12(11)26-16)23-8-21-10-13(18)19-7-20-14(10)23/h4-5,7-8,13-14,17,20-21,24H,6,9-12H2,1-3H3,(H,28,34)(H2,27,29,30);4-8,13-14,16,18-19,22H,9-12H2,1-3H3,(H,26,32)(H2,25,27,28);2-3,5-6,11-12,15,18-19,22,32-33H,4,7-10H2,1H3,(H,25,31)(H2,24,26,27);7-9,11-12,15H,4-6,17H2,1-3H3,(H2,18,19,20)/t17-,20-,21-,24-;16-,18-,19-,22-;15-,18-,19-,22-;9-,11-,12-,15-/m1111/s1. The van der Waals surface area contributed by atoms with E-state index >= 15 is 0 Å². The molecule has 3 amide bonds. The third-order valence-corrected chi connectivity index (χ3v) is 24.1. The average molecular weight is 1880 g/mol. The van der Waals surface area contributed by atoms with Crippen LogP contribution in [0, 0.1) is 0 Å². The van der Waals surface area contributed by atoms with Crippen LogP contribution in [0.2, 0.25) is 10.0 Å². The van der Waals surface area contributed by atoms with Crippen LogP contribution in [-0.2, 0) is 81.1 Å². The number of benzene rings is 3. The largest absolute Gasteiger partial charge is 0.445 e. The molecule has 7 fully saturated rings. The van der Waals surface area contributed by atoms with Gasteiger partial charge in [0, 0.05) is 101 Å². The Bertz CT molecular complexity index is 5750. The van der Waals surface area contributed by atoms with Gasteiger partial charge in [-0.15, -0.1) is 0 Å². The molecule has 7 saturated heterocycles. The van der Waals surface area contributed by atoms with Gasteiger partial charge in [0.15, 0.2) is 88.1 Å². The number of aromatic nitrogens is 16. The van der Waals surface area contributed by atoms with Crippen molar-refractivity contribution in [3.63, 3.8) is 0 Å². The molecule has 16 atom stereocenters. The molecule has 7 aliphatic rings. The van der Waals surface area contributed by atoms with Crippen molar-refractivity contribution >= 4 is 109 Å². The Kier molecular flexibility index (Phi) is 30.8. The minimum atomic E-state index is -1.17. The Balaban J connectivity index is 0.000000136. The summed E-state index contributed by atoms with van der Waals surface area (Å²) in [5, 5.41) is 31.2. The number of carbonyl (C=O) groups is 3. The number of aryl methyl sites for hydroxylation is 2. The van der Waals surface area contributed by atoms with Crippen LogP contribution in [0.1, 0.15) is 96.0 Å². The molecule has 0 bridgehead atoms. The van der Waals surface area contributed by atoms with E-state index in [2.05, 4.69) is 90.5 Å². The number of aliphatic hydroxyl groups is 2. The summed E-state index contributed by atoms with van der Waals surface area (Å²) in [6, 6.07) is 24.5. The molecule has 714 valence electrons. The molecule has 133 heavy (non-hydrogen) atoms. The van der Waals surface area contributed by atoms with Crippen LogP contribution in [0.4, 0.5) is 28.1 Å². The van der Waals surface area contributed by atoms with E-state index in [-0.39, 0.29) is 79.2 Å². The number of fused-ring (bicyclic) bond motifs is 7. The van der Waals surface area contributed by atoms with Crippen LogP contribution in [0.15, 0.2) is 129 Å². The number of anilines is 4. The fourth-order valence-corrected chi connectivity index (χ4v) is 17.4. The molecular weight excluding hydrogens is 1760 g/mol. The normalized spacial score (nSPS) is 25.2. The van der Waals surface area contributed by atoms with Crippen molar-refractivity contribution in [1.82, 2.24) is 114 Å². The van der Waals surface area contributed by atoms with Crippen molar-refractivity contribution < 1.29 is 76.7 Å². The molecule has 15 N–H and O–H groups in total. The first-order valence-corrected chi connectivity index (χ1v) is 44.7. The van der Waals surface area contributed by atoms with Crippen LogP contribution in [-0.4, -0.2) is 323 Å². The number of hydrogen-bond donors (Lipinski definition) is 10. The van der Waals surface area contributed by atoms with Crippen LogP contribution in [0.5, 0.6) is 0 Å². The molecule has 0 aliphatic carbocycles. The fourth-order valence-electron chi connectivity index (χ4n) is 17.1. The van der Waals surface area contributed by atoms with Gasteiger partial charge in [0.1, 0.15) is 127 Å². The van der Waals surface area contributed by atoms with Gasteiger partial charge in [-0.25, -0.2) is 64.6 Å². The van der Waals surface area contributed by atoms with Crippen LogP contribution < -0.4 is 44.6 Å². The van der Waals surface area contributed by atoms with Crippen LogP contribution in [0.3, 0.4) is 0 Å². The Morgan fingerprint density at radius 2 is 0.722 bits per heavy atom. The highest BCUT2D eigenvalue weighted by Crippen LogP contribution is 2.48. The van der Waals surface area contributed by atoms with E-state index in [0.717, 1.165) is 23.2 Å². The molecule has 8 aromatic heterocycles. The number of nitrogens with two attached hydrogens (primary N) is 5. The number of nitrogen functional groups attached to an aromatic ring is 4. The van der Waals surface area contributed by atoms with Gasteiger partial charge >= 0.3 is 6.09 Å². The Morgan fingerprint density at radius 1 is 0.406 bits per heavy atom. The van der Waals surface area contributed by atoms with Crippen molar-refractivity contribution in [3.05, 3.63) is 156 Å². The predicted molar refractivity (Wildman–Crippen MR) is 487 cm³/mol. The van der Waals surface area contributed by atoms with Gasteiger partial charge in [-0.1, -0.05) is 77.8 Å². The third kappa shape index (κ3) is 23.4. The number of alkyl carbamates (subject to hydrolysis) is 1. The van der Waals surface area contributed by atoms with E-state index < -0.39 is 66.7 Å². The number of rotatable bonds is 31. The van der Waals surface area contributed by atoms with Crippen LogP contribution >= 0.6 is 23.2 Å². The first-order valence-electron chi connectivity index (χ1n) is 43.9. The summed E-state index contributed by atoms with van der Waals surface area (Å²) in [5.41, 5.74) is 36.6. The lowest BCUT2D eigenvalue weighted by atomic mass is 10.1. The molecule has 11 aromatic rings. The predicted octanol–water partition coefficient (Wildman–Crippen LogP) is 3.92. The zero-order chi connectivity index (χ0) is 94.2. The van der Waals surface area contributed by atoms with Crippen molar-refractivity contribution in [2.75, 3.05) is 130 Å². The summed E-state index contributed by atoms with van der Waals surface area (Å²) in [7, 11) is 7.83. The molecule has 46 heteroatoms. The number of hydrogen-bond acceptors (Lipinski definition) is 37. The molecule has 0 unspecified atom stereocenters. The number of amides is 3. The molecule has 18 rings (SSSR count). The summed E-state index contributed by atoms with van der Waals surface area (Å²) in [5.74, 6) is -0.995. The molecule has 7 aliphatic heterocycles. The smallest absolute Gasteiger partial charge is 0.407 e. The van der Waals surface area contributed by atoms with E-state index in [4.69, 9.17) is 104 Å². The van der Waals surface area contributed by atoms with Crippen molar-refractivity contribution in [3.8, 4) is 0 Å². The molecule has 0 spiro atoms. The molecule has 15 heterocycles. The van der Waals surface area contributed by atoms with E-state index in [1.165, 1.54) is 31.6 Å². The summed E-state index contributed by atoms with van der Waals surface area (Å²) < 4.78 is 74.6. The summed E-state index contributed by atoms with van der Waals surface area (Å²) in [4.78, 5) is 95.1. The second kappa shape index (κ2) is 42.4. The molecule has 0 radical (unpaired) electrons. The summed E-state index contributed by atoms with van der Waals surface area (Å²) >= 11 is 11.8. The number of likely N-dealkylation sites (N-methyl/N-ethyl adjacent to an activating group) is 4. The van der Waals surface area contributed by atoms with Gasteiger partial charge in [0.2, 0.25) is 11.8 Å². The fraction of sp³-hybridized carbons (Fsp3) is 0.529. The second-order valence-corrected chi connectivity index (χ2v) is 35.9. The maximum atomic E-state index is 12.3. The zero-order valence-electron chi connectivity index (χ0n) is 75.6. The van der Waals surface area contributed by atoms with Gasteiger partial charge in [-0.3, -0.25) is 27.9 Å². The highest BCUT2D eigenvalue weighted by Gasteiger charge is 2.59. The molecule has 3 aromatic carbocycles. The van der Waals surface area contributed by atoms with Crippen molar-refractivity contribution in [1.29, 1.82) is 0 Å². The highest BCUT2D eigenvalue weighted by atomic mass is 35.5. The Hall–Kier alpha value is -10.8. The molecular formula is C87H116Cl2N28O16. The lowest BCUT2D eigenvalue weighted by Gasteiger charge is -2.27. The lowest BCUT2D eigenvalue weighted by molar-refractivity contribution is -0.197. The number of nitrogens with zero attached hydrogens (tertiary/aromatic N) is 20. The maximum absolute atomic E-state index is 12.3. The van der Waals surface area contributed by atoms with Crippen molar-refractivity contribution in [2.45, 2.75) is 189 Å². The second-order valence-electron chi connectivity index (χ2n) is 35.0. The minimum absolute atomic E-state index is 0.0168. The molecule has 0 saturated carbocycles. The maximum Gasteiger partial charge on any atom is 0.407 e. The Morgan fingerprint density at radius 3 is 1.08 bits per heavy atom. The first-order chi connectivity index (χ1) is 63.7. The van der Waals surface area contributed by atoms with Gasteiger partial charge in [0.05, 0.1) is 25.3 Å². The van der Waals surface area contributed by atoms with E-state index in [1.54, 1.807) is 23.5 Å². The number of carbonyl (C=O) groups excluding carboxylic acids is 3. The number of ether oxygens (including phenoxy) is 11. The average Bonchev–Trinajstić information content (AvgIpc) is 1.60. The minimum Gasteiger partial charge on any atom is -0.445 e. The van der Waals surface area contributed by atoms with Crippen molar-refractivity contribution in [2.24, 2.45) is 5.73 Å². The van der Waals surface area contributed by atoms with Gasteiger partial charge in [0.25, 0.3) is 0 Å². The summed E-state index contributed by atoms with van der Waals surface area (Å²) in [6.07, 6.45) is 6.13. The topological polar surface area (TPSA) is 547 Å². The lowest BCUT2D eigenvalue weighted by Crippen LogP contribution is -2.41. The molecule has 44 nitrogen and oxygen atoms in total. The number of halogens is 2. The highest BCUT2D eigenvalue weighted by molar-refractivity contribution is 6.30. The van der Waals surface area contributed by atoms with Gasteiger partial charge in [-0.05, 0) is 124 Å². The monoisotopic (exact) mass is 1880 g/mol. The van der Waals surface area contributed by atoms with E-state index in [9.17, 15) is 24.6 Å². The zero-order valence-corrected chi connectivity index (χ0v) is 77.1. The van der Waals surface area contributed by atoms with Gasteiger partial charge in [-0.2, -0.15) is 0 Å². The third-order valence-electron chi connectivity index (χ3n) is 23.6. The quantitative estimate of drug-likeness (QED) is 0.0294. The van der Waals surface area contributed by atoms with Crippen LogP contribution in [0.25, 0.3) is 44.7 Å². The Labute approximate surface area is 776 Å². The number of nitrogens with one attached hydrogen (secondary N) is 3.